The van der Waals surface area contributed by atoms with E-state index in [1.807, 2.05) is 6.92 Å². The van der Waals surface area contributed by atoms with Gasteiger partial charge in [-0.15, -0.1) is 0 Å². The smallest absolute Gasteiger partial charge is 0.352 e. The third-order valence-electron chi connectivity index (χ3n) is 4.68. The molecule has 1 aromatic heterocycles. The minimum Gasteiger partial charge on any atom is -0.478 e. The van der Waals surface area contributed by atoms with Crippen molar-refractivity contribution in [3.8, 4) is 5.75 Å². The van der Waals surface area contributed by atoms with Crippen molar-refractivity contribution < 1.29 is 29.3 Å². The largest absolute Gasteiger partial charge is 0.478 e. The van der Waals surface area contributed by atoms with Crippen LogP contribution in [0.15, 0.2) is 16.9 Å². The molecule has 0 saturated heterocycles. The summed E-state index contributed by atoms with van der Waals surface area (Å²) in [5, 5.41) is 19.0. The van der Waals surface area contributed by atoms with Crippen LogP contribution in [0.2, 0.25) is 0 Å². The van der Waals surface area contributed by atoms with Crippen LogP contribution in [0, 0.1) is 0 Å². The van der Waals surface area contributed by atoms with E-state index in [2.05, 4.69) is 0 Å². The van der Waals surface area contributed by atoms with Crippen molar-refractivity contribution in [3.05, 3.63) is 39.2 Å². The average molecular weight is 373 g/mol. The minimum atomic E-state index is -1.30. The summed E-state index contributed by atoms with van der Waals surface area (Å²) >= 11 is 0. The third-order valence-corrected chi connectivity index (χ3v) is 4.68. The Morgan fingerprint density at radius 2 is 1.93 bits per heavy atom. The standard InChI is InChI=1S/C19H19NO7/c1-3-5-9-16-10(13(21)7-12(18(23)24)20(16)4-2)6-11-14(22)8-15(19(25)26)27-17(9)11/h6-7,15H,3-5,8H2,1-2H3,(H,23,24)(H,25,26). The number of aromatic nitrogens is 1. The summed E-state index contributed by atoms with van der Waals surface area (Å²) in [5.41, 5.74) is 0.379. The lowest BCUT2D eigenvalue weighted by molar-refractivity contribution is -0.145. The van der Waals surface area contributed by atoms with Crippen molar-refractivity contribution >= 4 is 28.6 Å². The lowest BCUT2D eigenvalue weighted by Gasteiger charge is -2.27. The molecule has 0 spiro atoms. The molecule has 2 N–H and O–H groups in total. The van der Waals surface area contributed by atoms with E-state index < -0.39 is 29.3 Å². The number of rotatable bonds is 5. The second-order valence-corrected chi connectivity index (χ2v) is 6.39. The zero-order valence-corrected chi connectivity index (χ0v) is 14.9. The van der Waals surface area contributed by atoms with Crippen LogP contribution in [0.4, 0.5) is 0 Å². The molecule has 1 aliphatic heterocycles. The maximum atomic E-state index is 12.6. The van der Waals surface area contributed by atoms with E-state index in [0.29, 0.717) is 23.9 Å². The first kappa shape index (κ1) is 18.6. The molecule has 3 rings (SSSR count). The van der Waals surface area contributed by atoms with Crippen molar-refractivity contribution in [1.29, 1.82) is 0 Å². The molecule has 1 atom stereocenters. The predicted molar refractivity (Wildman–Crippen MR) is 95.8 cm³/mol. The van der Waals surface area contributed by atoms with Gasteiger partial charge in [0.05, 0.1) is 17.5 Å². The van der Waals surface area contributed by atoms with Gasteiger partial charge in [-0.05, 0) is 19.4 Å². The Labute approximate surface area is 154 Å². The molecule has 0 bridgehead atoms. The Hall–Kier alpha value is -3.16. The number of carbonyl (C=O) groups excluding carboxylic acids is 1. The molecule has 2 aromatic rings. The maximum Gasteiger partial charge on any atom is 0.352 e. The number of carboxylic acids is 2. The van der Waals surface area contributed by atoms with Gasteiger partial charge in [0.1, 0.15) is 11.4 Å². The number of carbonyl (C=O) groups is 3. The second kappa shape index (κ2) is 6.86. The van der Waals surface area contributed by atoms with Crippen LogP contribution < -0.4 is 10.2 Å². The predicted octanol–water partition coefficient (Wildman–Crippen LogP) is 2.09. The van der Waals surface area contributed by atoms with Crippen molar-refractivity contribution in [2.45, 2.75) is 45.8 Å². The number of carboxylic acid groups (broad SMARTS) is 2. The van der Waals surface area contributed by atoms with E-state index >= 15 is 0 Å². The number of aliphatic carboxylic acids is 1. The molecule has 0 saturated carbocycles. The number of Topliss-reactive ketones (excluding diaryl/α,β-unsaturated/α-hetero) is 1. The summed E-state index contributed by atoms with van der Waals surface area (Å²) in [6, 6.07) is 2.44. The fraction of sp³-hybridized carbons (Fsp3) is 0.368. The topological polar surface area (TPSA) is 123 Å². The number of aryl methyl sites for hydroxylation is 2. The van der Waals surface area contributed by atoms with Crippen LogP contribution in [0.5, 0.6) is 5.75 Å². The molecule has 0 amide bonds. The van der Waals surface area contributed by atoms with Gasteiger partial charge in [0.25, 0.3) is 0 Å². The number of pyridine rings is 1. The number of hydrogen-bond acceptors (Lipinski definition) is 5. The number of ketones is 1. The minimum absolute atomic E-state index is 0.136. The van der Waals surface area contributed by atoms with Crippen LogP contribution in [0.3, 0.4) is 0 Å². The van der Waals surface area contributed by atoms with E-state index in [1.165, 1.54) is 10.6 Å². The number of hydrogen-bond donors (Lipinski definition) is 2. The molecular weight excluding hydrogens is 354 g/mol. The van der Waals surface area contributed by atoms with Crippen LogP contribution in [0.1, 0.15) is 53.1 Å². The Morgan fingerprint density at radius 3 is 2.48 bits per heavy atom. The van der Waals surface area contributed by atoms with E-state index in [0.717, 1.165) is 6.07 Å². The fourth-order valence-corrected chi connectivity index (χ4v) is 3.54. The molecule has 1 aromatic carbocycles. The first-order chi connectivity index (χ1) is 12.8. The Balaban J connectivity index is 2.47. The Kier molecular flexibility index (Phi) is 4.73. The number of aromatic carboxylic acids is 1. The van der Waals surface area contributed by atoms with E-state index in [9.17, 15) is 29.4 Å². The second-order valence-electron chi connectivity index (χ2n) is 6.39. The maximum absolute atomic E-state index is 12.6. The molecule has 142 valence electrons. The monoisotopic (exact) mass is 373 g/mol. The van der Waals surface area contributed by atoms with Crippen LogP contribution in [0.25, 0.3) is 10.9 Å². The molecule has 2 heterocycles. The molecule has 8 nitrogen and oxygen atoms in total. The number of benzene rings is 1. The highest BCUT2D eigenvalue weighted by molar-refractivity contribution is 6.06. The lowest BCUT2D eigenvalue weighted by Crippen LogP contribution is -2.35. The van der Waals surface area contributed by atoms with E-state index in [4.69, 9.17) is 4.74 Å². The summed E-state index contributed by atoms with van der Waals surface area (Å²) in [7, 11) is 0. The average Bonchev–Trinajstić information content (AvgIpc) is 2.62. The van der Waals surface area contributed by atoms with Crippen molar-refractivity contribution in [2.75, 3.05) is 0 Å². The van der Waals surface area contributed by atoms with Crippen LogP contribution in [-0.4, -0.2) is 38.6 Å². The molecule has 1 unspecified atom stereocenters. The van der Waals surface area contributed by atoms with Gasteiger partial charge in [0, 0.05) is 23.6 Å². The molecule has 27 heavy (non-hydrogen) atoms. The van der Waals surface area contributed by atoms with Gasteiger partial charge in [-0.2, -0.15) is 0 Å². The first-order valence-electron chi connectivity index (χ1n) is 8.69. The molecule has 1 aliphatic rings. The van der Waals surface area contributed by atoms with Crippen molar-refractivity contribution in [1.82, 2.24) is 4.57 Å². The quantitative estimate of drug-likeness (QED) is 0.822. The highest BCUT2D eigenvalue weighted by Gasteiger charge is 2.34. The summed E-state index contributed by atoms with van der Waals surface area (Å²) in [6.45, 7) is 3.92. The van der Waals surface area contributed by atoms with Crippen molar-refractivity contribution in [2.24, 2.45) is 0 Å². The number of nitrogens with zero attached hydrogens (tertiary/aromatic N) is 1. The Morgan fingerprint density at radius 1 is 1.22 bits per heavy atom. The molecule has 0 radical (unpaired) electrons. The zero-order chi connectivity index (χ0) is 19.9. The van der Waals surface area contributed by atoms with Crippen molar-refractivity contribution in [3.63, 3.8) is 0 Å². The van der Waals surface area contributed by atoms with Gasteiger partial charge >= 0.3 is 11.9 Å². The van der Waals surface area contributed by atoms with Crippen LogP contribution in [-0.2, 0) is 17.8 Å². The SMILES string of the molecule is CCCc1c2c(cc3c(=O)cc(C(=O)O)n(CC)c13)C(=O)CC(C(=O)O)O2. The summed E-state index contributed by atoms with van der Waals surface area (Å²) in [5.74, 6) is -2.76. The molecular formula is C19H19NO7. The zero-order valence-electron chi connectivity index (χ0n) is 14.9. The van der Waals surface area contributed by atoms with Gasteiger partial charge in [-0.3, -0.25) is 9.59 Å². The number of fused-ring (bicyclic) bond motifs is 2. The highest BCUT2D eigenvalue weighted by Crippen LogP contribution is 2.37. The van der Waals surface area contributed by atoms with Gasteiger partial charge in [-0.1, -0.05) is 13.3 Å². The van der Waals surface area contributed by atoms with E-state index in [1.54, 1.807) is 6.92 Å². The fourth-order valence-electron chi connectivity index (χ4n) is 3.54. The van der Waals surface area contributed by atoms with Gasteiger partial charge < -0.3 is 19.5 Å². The van der Waals surface area contributed by atoms with E-state index in [-0.39, 0.29) is 35.4 Å². The first-order valence-corrected chi connectivity index (χ1v) is 8.69. The number of ether oxygens (including phenoxy) is 1. The normalized spacial score (nSPS) is 16.1. The van der Waals surface area contributed by atoms with Crippen LogP contribution >= 0.6 is 0 Å². The van der Waals surface area contributed by atoms with Gasteiger partial charge in [0.2, 0.25) is 6.10 Å². The Bertz CT molecular complexity index is 1030. The summed E-state index contributed by atoms with van der Waals surface area (Å²) in [6.07, 6.45) is -0.575. The summed E-state index contributed by atoms with van der Waals surface area (Å²) in [4.78, 5) is 48.0. The van der Waals surface area contributed by atoms with Gasteiger partial charge in [-0.25, -0.2) is 9.59 Å². The lowest BCUT2D eigenvalue weighted by atomic mass is 9.92. The highest BCUT2D eigenvalue weighted by atomic mass is 16.5. The molecule has 8 heteroatoms. The third kappa shape index (κ3) is 2.97. The molecule has 0 aliphatic carbocycles. The molecule has 0 fully saturated rings. The summed E-state index contributed by atoms with van der Waals surface area (Å²) < 4.78 is 7.10. The van der Waals surface area contributed by atoms with Gasteiger partial charge in [0.15, 0.2) is 11.2 Å².